The molecular formula is C47H31N3O. The molecule has 0 spiro atoms. The minimum absolute atomic E-state index is 0.168. The lowest BCUT2D eigenvalue weighted by Gasteiger charge is -2.21. The topological polar surface area (TPSA) is 51.8 Å². The molecule has 0 radical (unpaired) electrons. The van der Waals surface area contributed by atoms with E-state index in [1.54, 1.807) is 0 Å². The molecule has 240 valence electrons. The first-order chi connectivity index (χ1) is 25.3. The van der Waals surface area contributed by atoms with Gasteiger partial charge in [0.15, 0.2) is 17.5 Å². The summed E-state index contributed by atoms with van der Waals surface area (Å²) < 4.78 is 6.30. The minimum atomic E-state index is 0.168. The monoisotopic (exact) mass is 653 g/mol. The molecule has 1 aliphatic carbocycles. The van der Waals surface area contributed by atoms with Crippen LogP contribution in [0.1, 0.15) is 29.2 Å². The molecule has 0 saturated heterocycles. The maximum absolute atomic E-state index is 6.30. The van der Waals surface area contributed by atoms with Gasteiger partial charge in [-0.3, -0.25) is 0 Å². The van der Waals surface area contributed by atoms with Gasteiger partial charge in [0.1, 0.15) is 11.3 Å². The molecule has 1 aliphatic rings. The van der Waals surface area contributed by atoms with Crippen molar-refractivity contribution < 1.29 is 4.42 Å². The number of nitrogens with zero attached hydrogens (tertiary/aromatic N) is 3. The van der Waals surface area contributed by atoms with Crippen LogP contribution in [-0.2, 0) is 0 Å². The van der Waals surface area contributed by atoms with Gasteiger partial charge >= 0.3 is 0 Å². The number of aromatic nitrogens is 3. The van der Waals surface area contributed by atoms with E-state index in [0.717, 1.165) is 45.4 Å². The quantitative estimate of drug-likeness (QED) is 0.185. The van der Waals surface area contributed by atoms with Crippen molar-refractivity contribution in [2.75, 3.05) is 0 Å². The molecule has 4 heteroatoms. The van der Waals surface area contributed by atoms with Gasteiger partial charge in [0, 0.05) is 33.6 Å². The fraction of sp³-hybridized carbons (Fsp3) is 0.0426. The molecule has 0 amide bonds. The molecule has 9 aromatic rings. The molecule has 51 heavy (non-hydrogen) atoms. The second-order valence-electron chi connectivity index (χ2n) is 13.1. The highest BCUT2D eigenvalue weighted by Crippen LogP contribution is 2.44. The van der Waals surface area contributed by atoms with Crippen LogP contribution in [0.5, 0.6) is 0 Å². The van der Waals surface area contributed by atoms with Crippen LogP contribution in [0.2, 0.25) is 0 Å². The van der Waals surface area contributed by atoms with Crippen molar-refractivity contribution in [1.29, 1.82) is 0 Å². The standard InChI is InChI=1S/C47H31N3O/c1-2-13-32(14-3-1)45-48-46(33-28-26-31(27-29-33)35-18-8-15-30-12-4-5-16-34(30)35)50-47(49-45)40-23-10-19-36-37(20-9-21-38(36)40)39-22-11-25-43-44(39)41-17-6-7-24-42(41)51-43/h1-21,23-29,39H,22H2. The molecule has 4 nitrogen and oxygen atoms in total. The van der Waals surface area contributed by atoms with E-state index in [0.29, 0.717) is 17.5 Å². The summed E-state index contributed by atoms with van der Waals surface area (Å²) in [4.78, 5) is 15.3. The fourth-order valence-electron chi connectivity index (χ4n) is 7.73. The first kappa shape index (κ1) is 29.3. The first-order valence-electron chi connectivity index (χ1n) is 17.4. The number of allylic oxidation sites excluding steroid dienone is 1. The van der Waals surface area contributed by atoms with Gasteiger partial charge in [0.25, 0.3) is 0 Å². The van der Waals surface area contributed by atoms with Crippen molar-refractivity contribution >= 4 is 38.6 Å². The second kappa shape index (κ2) is 12.0. The maximum Gasteiger partial charge on any atom is 0.164 e. The molecular weight excluding hydrogens is 623 g/mol. The molecule has 10 rings (SSSR count). The van der Waals surface area contributed by atoms with E-state index in [-0.39, 0.29) is 5.92 Å². The van der Waals surface area contributed by atoms with Crippen molar-refractivity contribution in [3.63, 3.8) is 0 Å². The van der Waals surface area contributed by atoms with Gasteiger partial charge in [0.2, 0.25) is 0 Å². The number of benzene rings is 7. The van der Waals surface area contributed by atoms with Crippen molar-refractivity contribution in [1.82, 2.24) is 15.0 Å². The molecule has 1 unspecified atom stereocenters. The summed E-state index contributed by atoms with van der Waals surface area (Å²) in [5, 5.41) is 5.94. The Labute approximate surface area is 295 Å². The summed E-state index contributed by atoms with van der Waals surface area (Å²) in [6.07, 6.45) is 5.26. The molecule has 2 heterocycles. The van der Waals surface area contributed by atoms with Crippen molar-refractivity contribution in [3.8, 4) is 45.3 Å². The average molecular weight is 654 g/mol. The second-order valence-corrected chi connectivity index (χ2v) is 13.1. The Morgan fingerprint density at radius 2 is 1.06 bits per heavy atom. The van der Waals surface area contributed by atoms with E-state index >= 15 is 0 Å². The number of furan rings is 1. The number of para-hydroxylation sites is 1. The Bertz CT molecular complexity index is 2770. The van der Waals surface area contributed by atoms with E-state index in [9.17, 15) is 0 Å². The van der Waals surface area contributed by atoms with Crippen LogP contribution in [-0.4, -0.2) is 15.0 Å². The zero-order valence-electron chi connectivity index (χ0n) is 27.7. The van der Waals surface area contributed by atoms with Crippen LogP contribution in [0.4, 0.5) is 0 Å². The Morgan fingerprint density at radius 1 is 0.451 bits per heavy atom. The maximum atomic E-state index is 6.30. The molecule has 0 bridgehead atoms. The largest absolute Gasteiger partial charge is 0.456 e. The molecule has 2 aromatic heterocycles. The normalized spacial score (nSPS) is 13.9. The highest BCUT2D eigenvalue weighted by atomic mass is 16.3. The fourth-order valence-corrected chi connectivity index (χ4v) is 7.73. The lowest BCUT2D eigenvalue weighted by atomic mass is 9.81. The zero-order valence-corrected chi connectivity index (χ0v) is 27.7. The number of rotatable bonds is 5. The molecule has 0 saturated carbocycles. The average Bonchev–Trinajstić information content (AvgIpc) is 3.60. The SMILES string of the molecule is C1=Cc2oc3ccccc3c2C(c2cccc3c(-c4nc(-c5ccccc5)nc(-c5ccc(-c6cccc7ccccc67)cc5)n4)cccc23)C1. The van der Waals surface area contributed by atoms with Gasteiger partial charge in [-0.2, -0.15) is 0 Å². The summed E-state index contributed by atoms with van der Waals surface area (Å²) in [6, 6.07) is 55.1. The highest BCUT2D eigenvalue weighted by molar-refractivity contribution is 5.99. The number of fused-ring (bicyclic) bond motifs is 5. The van der Waals surface area contributed by atoms with Gasteiger partial charge < -0.3 is 4.42 Å². The van der Waals surface area contributed by atoms with Crippen molar-refractivity contribution in [3.05, 3.63) is 181 Å². The molecule has 1 atom stereocenters. The lowest BCUT2D eigenvalue weighted by Crippen LogP contribution is -2.05. The first-order valence-corrected chi connectivity index (χ1v) is 17.4. The minimum Gasteiger partial charge on any atom is -0.456 e. The van der Waals surface area contributed by atoms with E-state index in [1.807, 2.05) is 24.3 Å². The van der Waals surface area contributed by atoms with Crippen molar-refractivity contribution in [2.24, 2.45) is 0 Å². The van der Waals surface area contributed by atoms with E-state index < -0.39 is 0 Å². The lowest BCUT2D eigenvalue weighted by molar-refractivity contribution is 0.590. The number of hydrogen-bond acceptors (Lipinski definition) is 4. The highest BCUT2D eigenvalue weighted by Gasteiger charge is 2.27. The van der Waals surface area contributed by atoms with E-state index in [1.165, 1.54) is 38.2 Å². The third kappa shape index (κ3) is 5.03. The van der Waals surface area contributed by atoms with Gasteiger partial charge in [-0.15, -0.1) is 0 Å². The number of hydrogen-bond donors (Lipinski definition) is 0. The van der Waals surface area contributed by atoms with E-state index in [2.05, 4.69) is 146 Å². The van der Waals surface area contributed by atoms with Crippen LogP contribution >= 0.6 is 0 Å². The van der Waals surface area contributed by atoms with Gasteiger partial charge in [-0.05, 0) is 56.8 Å². The van der Waals surface area contributed by atoms with Gasteiger partial charge in [-0.25, -0.2) is 15.0 Å². The van der Waals surface area contributed by atoms with Crippen LogP contribution in [0, 0.1) is 0 Å². The van der Waals surface area contributed by atoms with Crippen LogP contribution in [0.3, 0.4) is 0 Å². The molecule has 7 aromatic carbocycles. The van der Waals surface area contributed by atoms with Crippen LogP contribution in [0.15, 0.2) is 168 Å². The third-order valence-corrected chi connectivity index (χ3v) is 10.1. The van der Waals surface area contributed by atoms with Crippen LogP contribution in [0.25, 0.3) is 83.9 Å². The molecule has 0 N–H and O–H groups in total. The van der Waals surface area contributed by atoms with Crippen LogP contribution < -0.4 is 0 Å². The molecule has 0 aliphatic heterocycles. The molecule has 0 fully saturated rings. The van der Waals surface area contributed by atoms with Crippen molar-refractivity contribution in [2.45, 2.75) is 12.3 Å². The zero-order chi connectivity index (χ0) is 33.7. The predicted molar refractivity (Wildman–Crippen MR) is 208 cm³/mol. The Kier molecular flexibility index (Phi) is 6.91. The Morgan fingerprint density at radius 3 is 1.92 bits per heavy atom. The Hall–Kier alpha value is -6.65. The summed E-state index contributed by atoms with van der Waals surface area (Å²) in [7, 11) is 0. The summed E-state index contributed by atoms with van der Waals surface area (Å²) in [5.74, 6) is 3.05. The summed E-state index contributed by atoms with van der Waals surface area (Å²) in [6.45, 7) is 0. The van der Waals surface area contributed by atoms with Gasteiger partial charge in [-0.1, -0.05) is 158 Å². The summed E-state index contributed by atoms with van der Waals surface area (Å²) in [5.41, 5.74) is 8.68. The van der Waals surface area contributed by atoms with E-state index in [4.69, 9.17) is 19.4 Å². The smallest absolute Gasteiger partial charge is 0.164 e. The third-order valence-electron chi connectivity index (χ3n) is 10.1. The van der Waals surface area contributed by atoms with Gasteiger partial charge in [0.05, 0.1) is 0 Å². The predicted octanol–water partition coefficient (Wildman–Crippen LogP) is 12.1. The Balaban J connectivity index is 1.11. The summed E-state index contributed by atoms with van der Waals surface area (Å²) >= 11 is 0.